The first kappa shape index (κ1) is 14.9. The highest BCUT2D eigenvalue weighted by atomic mass is 16.5. The first-order chi connectivity index (χ1) is 9.56. The standard InChI is InChI=1S/C17H25NO2/c1-12-8-9-15(10-14(12)3)20-11-17(19)18-16-7-5-4-6-13(16)2/h8-10,13,16H,4-7,11H2,1-3H3,(H,18,19)/t13-,16-/m0/s1. The van der Waals surface area contributed by atoms with Crippen LogP contribution in [0.2, 0.25) is 0 Å². The van der Waals surface area contributed by atoms with Gasteiger partial charge in [0.05, 0.1) is 0 Å². The number of aryl methyl sites for hydroxylation is 2. The van der Waals surface area contributed by atoms with E-state index in [2.05, 4.69) is 19.2 Å². The highest BCUT2D eigenvalue weighted by Gasteiger charge is 2.22. The van der Waals surface area contributed by atoms with Crippen LogP contribution in [-0.2, 0) is 4.79 Å². The van der Waals surface area contributed by atoms with Crippen molar-refractivity contribution < 1.29 is 9.53 Å². The van der Waals surface area contributed by atoms with E-state index in [0.29, 0.717) is 12.0 Å². The lowest BCUT2D eigenvalue weighted by atomic mass is 9.86. The van der Waals surface area contributed by atoms with Crippen LogP contribution in [0.5, 0.6) is 5.75 Å². The molecule has 1 saturated carbocycles. The van der Waals surface area contributed by atoms with Crippen molar-refractivity contribution in [2.75, 3.05) is 6.61 Å². The molecule has 0 unspecified atom stereocenters. The molecule has 0 saturated heterocycles. The monoisotopic (exact) mass is 275 g/mol. The summed E-state index contributed by atoms with van der Waals surface area (Å²) in [7, 11) is 0. The van der Waals surface area contributed by atoms with Gasteiger partial charge in [-0.3, -0.25) is 4.79 Å². The number of benzene rings is 1. The molecule has 0 bridgehead atoms. The molecular weight excluding hydrogens is 250 g/mol. The van der Waals surface area contributed by atoms with Gasteiger partial charge in [0.25, 0.3) is 5.91 Å². The molecule has 1 fully saturated rings. The molecule has 1 aromatic carbocycles. The van der Waals surface area contributed by atoms with Crippen LogP contribution in [0, 0.1) is 19.8 Å². The zero-order valence-corrected chi connectivity index (χ0v) is 12.7. The molecule has 1 amide bonds. The van der Waals surface area contributed by atoms with E-state index in [4.69, 9.17) is 4.74 Å². The van der Waals surface area contributed by atoms with E-state index in [1.807, 2.05) is 25.1 Å². The van der Waals surface area contributed by atoms with E-state index in [-0.39, 0.29) is 12.5 Å². The van der Waals surface area contributed by atoms with Gasteiger partial charge in [-0.05, 0) is 55.9 Å². The molecule has 1 aliphatic rings. The third kappa shape index (κ3) is 3.99. The van der Waals surface area contributed by atoms with Crippen LogP contribution in [-0.4, -0.2) is 18.6 Å². The molecule has 2 rings (SSSR count). The summed E-state index contributed by atoms with van der Waals surface area (Å²) < 4.78 is 5.57. The van der Waals surface area contributed by atoms with Gasteiger partial charge in [0.15, 0.2) is 6.61 Å². The molecule has 0 aliphatic heterocycles. The Morgan fingerprint density at radius 2 is 2.00 bits per heavy atom. The smallest absolute Gasteiger partial charge is 0.258 e. The maximum Gasteiger partial charge on any atom is 0.258 e. The van der Waals surface area contributed by atoms with Crippen molar-refractivity contribution in [1.82, 2.24) is 5.32 Å². The van der Waals surface area contributed by atoms with Crippen LogP contribution < -0.4 is 10.1 Å². The number of hydrogen-bond acceptors (Lipinski definition) is 2. The topological polar surface area (TPSA) is 38.3 Å². The van der Waals surface area contributed by atoms with Crippen LogP contribution in [0.4, 0.5) is 0 Å². The Bertz CT molecular complexity index is 470. The third-order valence-electron chi connectivity index (χ3n) is 4.31. The van der Waals surface area contributed by atoms with Crippen LogP contribution in [0.3, 0.4) is 0 Å². The molecule has 1 aliphatic carbocycles. The number of nitrogens with one attached hydrogen (secondary N) is 1. The van der Waals surface area contributed by atoms with Crippen LogP contribution in [0.1, 0.15) is 43.7 Å². The molecule has 0 radical (unpaired) electrons. The van der Waals surface area contributed by atoms with Gasteiger partial charge in [-0.1, -0.05) is 25.8 Å². The normalized spacial score (nSPS) is 22.4. The molecule has 1 N–H and O–H groups in total. The maximum absolute atomic E-state index is 11.9. The Labute approximate surface area is 121 Å². The molecule has 0 aromatic heterocycles. The minimum Gasteiger partial charge on any atom is -0.484 e. The molecule has 110 valence electrons. The van der Waals surface area contributed by atoms with Crippen LogP contribution >= 0.6 is 0 Å². The Balaban J connectivity index is 1.81. The highest BCUT2D eigenvalue weighted by Crippen LogP contribution is 2.23. The molecular formula is C17H25NO2. The summed E-state index contributed by atoms with van der Waals surface area (Å²) in [4.78, 5) is 11.9. The lowest BCUT2D eigenvalue weighted by Crippen LogP contribution is -2.43. The summed E-state index contributed by atoms with van der Waals surface area (Å²) >= 11 is 0. The summed E-state index contributed by atoms with van der Waals surface area (Å²) in [6, 6.07) is 6.23. The molecule has 3 nitrogen and oxygen atoms in total. The quantitative estimate of drug-likeness (QED) is 0.915. The van der Waals surface area contributed by atoms with Gasteiger partial charge in [-0.25, -0.2) is 0 Å². The highest BCUT2D eigenvalue weighted by molar-refractivity contribution is 5.77. The number of amides is 1. The maximum atomic E-state index is 11.9. The summed E-state index contributed by atoms with van der Waals surface area (Å²) in [5, 5.41) is 3.10. The molecule has 0 spiro atoms. The number of carbonyl (C=O) groups is 1. The fourth-order valence-corrected chi connectivity index (χ4v) is 2.73. The number of hydrogen-bond donors (Lipinski definition) is 1. The molecule has 1 aromatic rings. The van der Waals surface area contributed by atoms with Gasteiger partial charge >= 0.3 is 0 Å². The summed E-state index contributed by atoms with van der Waals surface area (Å²) in [5.41, 5.74) is 2.42. The number of rotatable bonds is 4. The molecule has 2 atom stereocenters. The second-order valence-electron chi connectivity index (χ2n) is 5.97. The van der Waals surface area contributed by atoms with E-state index in [1.54, 1.807) is 0 Å². The fourth-order valence-electron chi connectivity index (χ4n) is 2.73. The third-order valence-corrected chi connectivity index (χ3v) is 4.31. The summed E-state index contributed by atoms with van der Waals surface area (Å²) in [5.74, 6) is 1.33. The fraction of sp³-hybridized carbons (Fsp3) is 0.588. The summed E-state index contributed by atoms with van der Waals surface area (Å²) in [6.45, 7) is 6.43. The van der Waals surface area contributed by atoms with E-state index in [9.17, 15) is 4.79 Å². The molecule has 20 heavy (non-hydrogen) atoms. The molecule has 0 heterocycles. The first-order valence-corrected chi connectivity index (χ1v) is 7.55. The van der Waals surface area contributed by atoms with Crippen LogP contribution in [0.15, 0.2) is 18.2 Å². The second-order valence-corrected chi connectivity index (χ2v) is 5.97. The predicted octanol–water partition coefficient (Wildman–Crippen LogP) is 3.38. The zero-order chi connectivity index (χ0) is 14.5. The van der Waals surface area contributed by atoms with Crippen molar-refractivity contribution in [3.63, 3.8) is 0 Å². The van der Waals surface area contributed by atoms with Crippen molar-refractivity contribution in [2.24, 2.45) is 5.92 Å². The van der Waals surface area contributed by atoms with Gasteiger partial charge in [0, 0.05) is 6.04 Å². The van der Waals surface area contributed by atoms with Gasteiger partial charge in [-0.2, -0.15) is 0 Å². The van der Waals surface area contributed by atoms with Crippen LogP contribution in [0.25, 0.3) is 0 Å². The van der Waals surface area contributed by atoms with Crippen molar-refractivity contribution >= 4 is 5.91 Å². The van der Waals surface area contributed by atoms with Gasteiger partial charge < -0.3 is 10.1 Å². The van der Waals surface area contributed by atoms with Gasteiger partial charge in [0.2, 0.25) is 0 Å². The van der Waals surface area contributed by atoms with Gasteiger partial charge in [-0.15, -0.1) is 0 Å². The van der Waals surface area contributed by atoms with E-state index in [0.717, 1.165) is 12.2 Å². The van der Waals surface area contributed by atoms with E-state index in [1.165, 1.54) is 30.4 Å². The molecule has 3 heteroatoms. The zero-order valence-electron chi connectivity index (χ0n) is 12.7. The average Bonchev–Trinajstić information content (AvgIpc) is 2.43. The second kappa shape index (κ2) is 6.78. The van der Waals surface area contributed by atoms with Crippen molar-refractivity contribution in [1.29, 1.82) is 0 Å². The van der Waals surface area contributed by atoms with E-state index < -0.39 is 0 Å². The number of carbonyl (C=O) groups excluding carboxylic acids is 1. The Hall–Kier alpha value is -1.51. The van der Waals surface area contributed by atoms with E-state index >= 15 is 0 Å². The van der Waals surface area contributed by atoms with Crippen molar-refractivity contribution in [3.8, 4) is 5.75 Å². The van der Waals surface area contributed by atoms with Gasteiger partial charge in [0.1, 0.15) is 5.75 Å². The minimum atomic E-state index is -0.0121. The lowest BCUT2D eigenvalue weighted by Gasteiger charge is -2.29. The largest absolute Gasteiger partial charge is 0.484 e. The number of ether oxygens (including phenoxy) is 1. The SMILES string of the molecule is Cc1ccc(OCC(=O)N[C@H]2CCCC[C@@H]2C)cc1C. The Morgan fingerprint density at radius 3 is 2.70 bits per heavy atom. The Kier molecular flexibility index (Phi) is 5.05. The summed E-state index contributed by atoms with van der Waals surface area (Å²) in [6.07, 6.45) is 4.81. The first-order valence-electron chi connectivity index (χ1n) is 7.55. The Morgan fingerprint density at radius 1 is 1.25 bits per heavy atom. The minimum absolute atomic E-state index is 0.0121. The average molecular weight is 275 g/mol. The lowest BCUT2D eigenvalue weighted by molar-refractivity contribution is -0.124. The van der Waals surface area contributed by atoms with Crippen molar-refractivity contribution in [2.45, 2.75) is 52.5 Å². The van der Waals surface area contributed by atoms with Crippen molar-refractivity contribution in [3.05, 3.63) is 29.3 Å². The predicted molar refractivity (Wildman–Crippen MR) is 81.0 cm³/mol.